The van der Waals surface area contributed by atoms with E-state index in [-0.39, 0.29) is 5.78 Å². The smallest absolute Gasteiger partial charge is 0.193 e. The second-order valence-corrected chi connectivity index (χ2v) is 8.81. The van der Waals surface area contributed by atoms with Gasteiger partial charge in [0.05, 0.1) is 0 Å². The lowest BCUT2D eigenvalue weighted by atomic mass is 10.0. The van der Waals surface area contributed by atoms with Crippen LogP contribution in [0.25, 0.3) is 0 Å². The van der Waals surface area contributed by atoms with Gasteiger partial charge in [0.1, 0.15) is 0 Å². The van der Waals surface area contributed by atoms with Crippen LogP contribution in [0.5, 0.6) is 0 Å². The standard InChI is InChI=1S/C29H44N2O/c1-5-9-21-30(22-10-6-2)27-17-13-25(14-18-27)29(32)26-15-19-28(20-16-26)31(23-11-7-3)24-12-8-4/h13-20H,5-12,21-24H2,1-4H3. The fourth-order valence-electron chi connectivity index (χ4n) is 3.95. The molecular weight excluding hydrogens is 392 g/mol. The zero-order chi connectivity index (χ0) is 23.2. The van der Waals surface area contributed by atoms with Crippen molar-refractivity contribution < 1.29 is 4.79 Å². The van der Waals surface area contributed by atoms with E-state index in [1.54, 1.807) is 0 Å². The first-order valence-corrected chi connectivity index (χ1v) is 12.9. The molecule has 0 N–H and O–H groups in total. The Morgan fingerprint density at radius 2 is 0.812 bits per heavy atom. The maximum Gasteiger partial charge on any atom is 0.193 e. The van der Waals surface area contributed by atoms with E-state index in [1.807, 2.05) is 24.3 Å². The first kappa shape index (κ1) is 26.0. The Morgan fingerprint density at radius 1 is 0.531 bits per heavy atom. The second kappa shape index (κ2) is 14.7. The van der Waals surface area contributed by atoms with Crippen molar-refractivity contribution >= 4 is 17.2 Å². The second-order valence-electron chi connectivity index (χ2n) is 8.81. The molecule has 2 aromatic carbocycles. The molecule has 0 atom stereocenters. The maximum atomic E-state index is 13.1. The summed E-state index contributed by atoms with van der Waals surface area (Å²) in [7, 11) is 0. The Balaban J connectivity index is 2.09. The summed E-state index contributed by atoms with van der Waals surface area (Å²) < 4.78 is 0. The molecule has 0 heterocycles. The van der Waals surface area contributed by atoms with Gasteiger partial charge in [-0.1, -0.05) is 53.4 Å². The number of unbranched alkanes of at least 4 members (excludes halogenated alkanes) is 4. The van der Waals surface area contributed by atoms with Crippen molar-refractivity contribution in [3.8, 4) is 0 Å². The summed E-state index contributed by atoms with van der Waals surface area (Å²) in [6.07, 6.45) is 9.59. The van der Waals surface area contributed by atoms with Crippen LogP contribution < -0.4 is 9.80 Å². The van der Waals surface area contributed by atoms with Gasteiger partial charge >= 0.3 is 0 Å². The zero-order valence-electron chi connectivity index (χ0n) is 20.9. The molecule has 0 aromatic heterocycles. The summed E-state index contributed by atoms with van der Waals surface area (Å²) in [5.74, 6) is 0.102. The largest absolute Gasteiger partial charge is 0.372 e. The predicted octanol–water partition coefficient (Wildman–Crippen LogP) is 7.73. The van der Waals surface area contributed by atoms with Gasteiger partial charge in [0.25, 0.3) is 0 Å². The van der Waals surface area contributed by atoms with Gasteiger partial charge in [-0.3, -0.25) is 4.79 Å². The lowest BCUT2D eigenvalue weighted by Crippen LogP contribution is -2.25. The molecule has 3 nitrogen and oxygen atoms in total. The van der Waals surface area contributed by atoms with E-state index in [4.69, 9.17) is 0 Å². The number of ketones is 1. The third kappa shape index (κ3) is 8.00. The molecule has 0 unspecified atom stereocenters. The topological polar surface area (TPSA) is 23.6 Å². The Morgan fingerprint density at radius 3 is 1.06 bits per heavy atom. The van der Waals surface area contributed by atoms with E-state index in [0.29, 0.717) is 0 Å². The highest BCUT2D eigenvalue weighted by atomic mass is 16.1. The van der Waals surface area contributed by atoms with Gasteiger partial charge in [-0.05, 0) is 74.2 Å². The lowest BCUT2D eigenvalue weighted by molar-refractivity contribution is 0.103. The fraction of sp³-hybridized carbons (Fsp3) is 0.552. The maximum absolute atomic E-state index is 13.1. The van der Waals surface area contributed by atoms with Crippen molar-refractivity contribution in [3.05, 3.63) is 59.7 Å². The number of hydrogen-bond acceptors (Lipinski definition) is 3. The number of carbonyl (C=O) groups is 1. The van der Waals surface area contributed by atoms with Crippen LogP contribution in [-0.4, -0.2) is 32.0 Å². The normalized spacial score (nSPS) is 10.9. The van der Waals surface area contributed by atoms with E-state index in [2.05, 4.69) is 61.8 Å². The Bertz CT molecular complexity index is 685. The summed E-state index contributed by atoms with van der Waals surface area (Å²) in [6.45, 7) is 13.3. The van der Waals surface area contributed by atoms with Crippen LogP contribution in [0, 0.1) is 0 Å². The molecular formula is C29H44N2O. The minimum absolute atomic E-state index is 0.102. The zero-order valence-corrected chi connectivity index (χ0v) is 20.9. The number of nitrogens with zero attached hydrogens (tertiary/aromatic N) is 2. The molecule has 0 fully saturated rings. The van der Waals surface area contributed by atoms with Gasteiger partial charge in [-0.15, -0.1) is 0 Å². The average Bonchev–Trinajstić information content (AvgIpc) is 2.84. The third-order valence-corrected chi connectivity index (χ3v) is 6.12. The van der Waals surface area contributed by atoms with E-state index >= 15 is 0 Å². The monoisotopic (exact) mass is 436 g/mol. The van der Waals surface area contributed by atoms with Crippen molar-refractivity contribution in [2.75, 3.05) is 36.0 Å². The van der Waals surface area contributed by atoms with Gasteiger partial charge in [0, 0.05) is 48.7 Å². The SMILES string of the molecule is CCCCN(CCCC)c1ccc(C(=O)c2ccc(N(CCCC)CCCC)cc2)cc1. The third-order valence-electron chi connectivity index (χ3n) is 6.12. The van der Waals surface area contributed by atoms with Crippen molar-refractivity contribution in [1.29, 1.82) is 0 Å². The van der Waals surface area contributed by atoms with E-state index in [9.17, 15) is 4.79 Å². The van der Waals surface area contributed by atoms with Crippen LogP contribution in [0.1, 0.15) is 95.0 Å². The van der Waals surface area contributed by atoms with Crippen molar-refractivity contribution in [1.82, 2.24) is 0 Å². The molecule has 0 saturated heterocycles. The summed E-state index contributed by atoms with van der Waals surface area (Å²) in [5, 5.41) is 0. The van der Waals surface area contributed by atoms with Gasteiger partial charge in [0.15, 0.2) is 5.78 Å². The molecule has 2 rings (SSSR count). The number of benzene rings is 2. The molecule has 0 spiro atoms. The van der Waals surface area contributed by atoms with Crippen LogP contribution in [0.4, 0.5) is 11.4 Å². The first-order chi connectivity index (χ1) is 15.6. The predicted molar refractivity (Wildman–Crippen MR) is 140 cm³/mol. The lowest BCUT2D eigenvalue weighted by Gasteiger charge is -2.25. The average molecular weight is 437 g/mol. The highest BCUT2D eigenvalue weighted by molar-refractivity contribution is 6.09. The van der Waals surface area contributed by atoms with Crippen LogP contribution in [0.3, 0.4) is 0 Å². The van der Waals surface area contributed by atoms with Crippen LogP contribution in [0.2, 0.25) is 0 Å². The number of hydrogen-bond donors (Lipinski definition) is 0. The molecule has 0 amide bonds. The van der Waals surface area contributed by atoms with Gasteiger partial charge < -0.3 is 9.80 Å². The summed E-state index contributed by atoms with van der Waals surface area (Å²) in [6, 6.07) is 16.4. The van der Waals surface area contributed by atoms with Crippen LogP contribution in [0.15, 0.2) is 48.5 Å². The van der Waals surface area contributed by atoms with Crippen molar-refractivity contribution in [2.45, 2.75) is 79.1 Å². The van der Waals surface area contributed by atoms with Gasteiger partial charge in [-0.25, -0.2) is 0 Å². The summed E-state index contributed by atoms with van der Waals surface area (Å²) >= 11 is 0. The number of anilines is 2. The Hall–Kier alpha value is -2.29. The molecule has 0 saturated carbocycles. The minimum Gasteiger partial charge on any atom is -0.372 e. The van der Waals surface area contributed by atoms with Crippen molar-refractivity contribution in [3.63, 3.8) is 0 Å². The molecule has 0 aliphatic carbocycles. The Labute approximate surface area is 196 Å². The highest BCUT2D eigenvalue weighted by Gasteiger charge is 2.12. The van der Waals surface area contributed by atoms with Crippen molar-refractivity contribution in [2.24, 2.45) is 0 Å². The molecule has 32 heavy (non-hydrogen) atoms. The van der Waals surface area contributed by atoms with Crippen LogP contribution >= 0.6 is 0 Å². The molecule has 0 aliphatic heterocycles. The molecule has 0 aliphatic rings. The Kier molecular flexibility index (Phi) is 11.9. The number of carbonyl (C=O) groups excluding carboxylic acids is 1. The molecule has 0 radical (unpaired) electrons. The minimum atomic E-state index is 0.102. The quantitative estimate of drug-likeness (QED) is 0.251. The highest BCUT2D eigenvalue weighted by Crippen LogP contribution is 2.21. The van der Waals surface area contributed by atoms with E-state index in [0.717, 1.165) is 37.3 Å². The molecule has 0 bridgehead atoms. The van der Waals surface area contributed by atoms with Gasteiger partial charge in [0.2, 0.25) is 0 Å². The van der Waals surface area contributed by atoms with Crippen LogP contribution in [-0.2, 0) is 0 Å². The summed E-state index contributed by atoms with van der Waals surface area (Å²) in [5.41, 5.74) is 3.98. The summed E-state index contributed by atoms with van der Waals surface area (Å²) in [4.78, 5) is 18.0. The first-order valence-electron chi connectivity index (χ1n) is 12.9. The van der Waals surface area contributed by atoms with E-state index in [1.165, 1.54) is 62.7 Å². The van der Waals surface area contributed by atoms with Gasteiger partial charge in [-0.2, -0.15) is 0 Å². The fourth-order valence-corrected chi connectivity index (χ4v) is 3.95. The van der Waals surface area contributed by atoms with E-state index < -0.39 is 0 Å². The molecule has 3 heteroatoms. The number of rotatable bonds is 16. The molecule has 2 aromatic rings. The molecule has 176 valence electrons.